The molecule has 0 spiro atoms. The zero-order valence-corrected chi connectivity index (χ0v) is 12.7. The van der Waals surface area contributed by atoms with Crippen LogP contribution in [0.5, 0.6) is 5.75 Å². The summed E-state index contributed by atoms with van der Waals surface area (Å²) in [5.74, 6) is 1.93. The van der Waals surface area contributed by atoms with E-state index >= 15 is 0 Å². The summed E-state index contributed by atoms with van der Waals surface area (Å²) in [6.45, 7) is 7.05. The van der Waals surface area contributed by atoms with Crippen LogP contribution in [0, 0.1) is 11.3 Å². The maximum absolute atomic E-state index is 9.45. The van der Waals surface area contributed by atoms with Crippen molar-refractivity contribution in [3.05, 3.63) is 29.8 Å². The van der Waals surface area contributed by atoms with Crippen molar-refractivity contribution in [1.29, 1.82) is 0 Å². The van der Waals surface area contributed by atoms with Gasteiger partial charge >= 0.3 is 0 Å². The quantitative estimate of drug-likeness (QED) is 0.758. The fourth-order valence-electron chi connectivity index (χ4n) is 3.93. The number of phenolic OH excluding ortho intramolecular Hbond substituents is 1. The molecular formula is C18H28O. The Morgan fingerprint density at radius 3 is 2.21 bits per heavy atom. The topological polar surface area (TPSA) is 20.2 Å². The molecular weight excluding hydrogens is 232 g/mol. The van der Waals surface area contributed by atoms with Crippen LogP contribution in [-0.4, -0.2) is 5.11 Å². The van der Waals surface area contributed by atoms with E-state index in [1.807, 2.05) is 12.1 Å². The summed E-state index contributed by atoms with van der Waals surface area (Å²) in [4.78, 5) is 0. The lowest BCUT2D eigenvalue weighted by Crippen LogP contribution is -2.31. The molecule has 2 unspecified atom stereocenters. The van der Waals surface area contributed by atoms with Crippen LogP contribution in [0.2, 0.25) is 0 Å². The lowest BCUT2D eigenvalue weighted by atomic mass is 9.61. The predicted molar refractivity (Wildman–Crippen MR) is 81.5 cm³/mol. The molecule has 0 aromatic heterocycles. The lowest BCUT2D eigenvalue weighted by molar-refractivity contribution is 0.106. The third kappa shape index (κ3) is 3.13. The minimum absolute atomic E-state index is 0.379. The van der Waals surface area contributed by atoms with Gasteiger partial charge in [-0.2, -0.15) is 0 Å². The molecule has 19 heavy (non-hydrogen) atoms. The molecule has 1 heteroatoms. The summed E-state index contributed by atoms with van der Waals surface area (Å²) in [6.07, 6.45) is 7.95. The van der Waals surface area contributed by atoms with Crippen molar-refractivity contribution in [3.8, 4) is 5.75 Å². The lowest BCUT2D eigenvalue weighted by Gasteiger charge is -2.44. The average Bonchev–Trinajstić information content (AvgIpc) is 2.47. The number of hydrogen-bond donors (Lipinski definition) is 1. The Balaban J connectivity index is 2.22. The first-order chi connectivity index (χ1) is 9.12. The summed E-state index contributed by atoms with van der Waals surface area (Å²) in [6, 6.07) is 7.91. The summed E-state index contributed by atoms with van der Waals surface area (Å²) in [7, 11) is 0. The van der Waals surface area contributed by atoms with Gasteiger partial charge in [0.2, 0.25) is 0 Å². The van der Waals surface area contributed by atoms with Crippen LogP contribution < -0.4 is 0 Å². The smallest absolute Gasteiger partial charge is 0.115 e. The van der Waals surface area contributed by atoms with Gasteiger partial charge < -0.3 is 5.11 Å². The Morgan fingerprint density at radius 2 is 1.68 bits per heavy atom. The average molecular weight is 260 g/mol. The summed E-state index contributed by atoms with van der Waals surface area (Å²) in [5, 5.41) is 9.45. The summed E-state index contributed by atoms with van der Waals surface area (Å²) in [5.41, 5.74) is 1.96. The molecule has 1 N–H and O–H groups in total. The normalized spacial score (nSPS) is 26.3. The molecule has 0 radical (unpaired) electrons. The molecule has 1 nitrogen and oxygen atoms in total. The van der Waals surface area contributed by atoms with Crippen molar-refractivity contribution < 1.29 is 5.11 Å². The SMILES string of the molecule is CCC1CC(c2ccc(O)cc2)CC(CC)(CC)C1. The molecule has 1 aliphatic carbocycles. The van der Waals surface area contributed by atoms with Crippen molar-refractivity contribution in [2.24, 2.45) is 11.3 Å². The third-order valence-electron chi connectivity index (χ3n) is 5.46. The number of hydrogen-bond acceptors (Lipinski definition) is 1. The highest BCUT2D eigenvalue weighted by Crippen LogP contribution is 2.51. The van der Waals surface area contributed by atoms with Crippen LogP contribution in [0.3, 0.4) is 0 Å². The molecule has 0 heterocycles. The van der Waals surface area contributed by atoms with Crippen LogP contribution in [0.25, 0.3) is 0 Å². The van der Waals surface area contributed by atoms with Crippen LogP contribution in [0.4, 0.5) is 0 Å². The van der Waals surface area contributed by atoms with Gasteiger partial charge in [0.05, 0.1) is 0 Å². The van der Waals surface area contributed by atoms with Gasteiger partial charge in [-0.15, -0.1) is 0 Å². The highest BCUT2D eigenvalue weighted by Gasteiger charge is 2.37. The van der Waals surface area contributed by atoms with E-state index in [1.165, 1.54) is 44.1 Å². The maximum atomic E-state index is 9.45. The predicted octanol–water partition coefficient (Wildman–Crippen LogP) is 5.49. The number of rotatable bonds is 4. The van der Waals surface area contributed by atoms with Gasteiger partial charge in [-0.1, -0.05) is 52.2 Å². The van der Waals surface area contributed by atoms with Gasteiger partial charge in [0.25, 0.3) is 0 Å². The van der Waals surface area contributed by atoms with Crippen molar-refractivity contribution in [3.63, 3.8) is 0 Å². The van der Waals surface area contributed by atoms with Crippen LogP contribution >= 0.6 is 0 Å². The standard InChI is InChI=1S/C18H28O/c1-4-14-11-16(13-18(5-2,6-3)12-14)15-7-9-17(19)10-8-15/h7-10,14,16,19H,4-6,11-13H2,1-3H3. The Bertz CT molecular complexity index is 389. The van der Waals surface area contributed by atoms with Gasteiger partial charge in [0.15, 0.2) is 0 Å². The largest absolute Gasteiger partial charge is 0.508 e. The van der Waals surface area contributed by atoms with Crippen molar-refractivity contribution in [2.45, 2.75) is 65.2 Å². The number of aromatic hydroxyl groups is 1. The Morgan fingerprint density at radius 1 is 1.05 bits per heavy atom. The molecule has 0 bridgehead atoms. The highest BCUT2D eigenvalue weighted by atomic mass is 16.3. The molecule has 1 aliphatic rings. The van der Waals surface area contributed by atoms with E-state index in [2.05, 4.69) is 32.9 Å². The first-order valence-electron chi connectivity index (χ1n) is 7.91. The van der Waals surface area contributed by atoms with E-state index in [4.69, 9.17) is 0 Å². The molecule has 2 atom stereocenters. The fourth-order valence-corrected chi connectivity index (χ4v) is 3.93. The summed E-state index contributed by atoms with van der Waals surface area (Å²) < 4.78 is 0. The first-order valence-corrected chi connectivity index (χ1v) is 7.91. The molecule has 1 saturated carbocycles. The van der Waals surface area contributed by atoms with Gasteiger partial charge in [-0.3, -0.25) is 0 Å². The van der Waals surface area contributed by atoms with E-state index in [0.717, 1.165) is 5.92 Å². The van der Waals surface area contributed by atoms with Crippen LogP contribution in [0.1, 0.15) is 70.8 Å². The van der Waals surface area contributed by atoms with Crippen molar-refractivity contribution in [1.82, 2.24) is 0 Å². The molecule has 0 amide bonds. The molecule has 1 aromatic rings. The molecule has 1 aromatic carbocycles. The second-order valence-corrected chi connectivity index (χ2v) is 6.41. The summed E-state index contributed by atoms with van der Waals surface area (Å²) >= 11 is 0. The van der Waals surface area contributed by atoms with E-state index in [0.29, 0.717) is 17.1 Å². The number of phenols is 1. The van der Waals surface area contributed by atoms with E-state index in [1.54, 1.807) is 0 Å². The molecule has 2 rings (SSSR count). The molecule has 106 valence electrons. The highest BCUT2D eigenvalue weighted by molar-refractivity contribution is 5.29. The van der Waals surface area contributed by atoms with Gasteiger partial charge in [-0.05, 0) is 54.2 Å². The Kier molecular flexibility index (Phi) is 4.54. The van der Waals surface area contributed by atoms with E-state index in [9.17, 15) is 5.11 Å². The van der Waals surface area contributed by atoms with Crippen LogP contribution in [-0.2, 0) is 0 Å². The second kappa shape index (κ2) is 5.98. The van der Waals surface area contributed by atoms with Crippen LogP contribution in [0.15, 0.2) is 24.3 Å². The minimum Gasteiger partial charge on any atom is -0.508 e. The molecule has 0 saturated heterocycles. The van der Waals surface area contributed by atoms with Gasteiger partial charge in [0, 0.05) is 0 Å². The minimum atomic E-state index is 0.379. The fraction of sp³-hybridized carbons (Fsp3) is 0.667. The van der Waals surface area contributed by atoms with Crippen molar-refractivity contribution >= 4 is 0 Å². The zero-order valence-electron chi connectivity index (χ0n) is 12.7. The number of benzene rings is 1. The Hall–Kier alpha value is -0.980. The van der Waals surface area contributed by atoms with Gasteiger partial charge in [-0.25, -0.2) is 0 Å². The third-order valence-corrected chi connectivity index (χ3v) is 5.46. The molecule has 1 fully saturated rings. The maximum Gasteiger partial charge on any atom is 0.115 e. The molecule has 0 aliphatic heterocycles. The Labute approximate surface area is 118 Å². The second-order valence-electron chi connectivity index (χ2n) is 6.41. The van der Waals surface area contributed by atoms with Crippen molar-refractivity contribution in [2.75, 3.05) is 0 Å². The first kappa shape index (κ1) is 14.4. The van der Waals surface area contributed by atoms with E-state index < -0.39 is 0 Å². The monoisotopic (exact) mass is 260 g/mol. The van der Waals surface area contributed by atoms with E-state index in [-0.39, 0.29) is 0 Å². The zero-order chi connectivity index (χ0) is 13.9. The van der Waals surface area contributed by atoms with Gasteiger partial charge in [0.1, 0.15) is 5.75 Å².